The summed E-state index contributed by atoms with van der Waals surface area (Å²) in [4.78, 5) is 21.0. The molecule has 0 bridgehead atoms. The number of carbonyl (C=O) groups is 1. The van der Waals surface area contributed by atoms with Crippen molar-refractivity contribution in [3.63, 3.8) is 0 Å². The lowest BCUT2D eigenvalue weighted by molar-refractivity contribution is 0.0695. The number of anilines is 1. The summed E-state index contributed by atoms with van der Waals surface area (Å²) >= 11 is 0. The van der Waals surface area contributed by atoms with Gasteiger partial charge in [0, 0.05) is 12.7 Å². The SMILES string of the molecule is Cc1nc(N2CCCC2CO)ncc1C(=O)O. The highest BCUT2D eigenvalue weighted by molar-refractivity contribution is 5.88. The first-order chi connectivity index (χ1) is 8.13. The molecule has 0 radical (unpaired) electrons. The first-order valence-electron chi connectivity index (χ1n) is 5.58. The van der Waals surface area contributed by atoms with E-state index in [1.165, 1.54) is 6.20 Å². The first-order valence-corrected chi connectivity index (χ1v) is 5.58. The van der Waals surface area contributed by atoms with E-state index in [0.29, 0.717) is 11.6 Å². The van der Waals surface area contributed by atoms with E-state index in [1.807, 2.05) is 4.90 Å². The highest BCUT2D eigenvalue weighted by Gasteiger charge is 2.26. The molecule has 1 fully saturated rings. The zero-order chi connectivity index (χ0) is 12.4. The van der Waals surface area contributed by atoms with Gasteiger partial charge in [-0.3, -0.25) is 0 Å². The molecule has 17 heavy (non-hydrogen) atoms. The molecule has 1 aliphatic rings. The highest BCUT2D eigenvalue weighted by atomic mass is 16.4. The Labute approximate surface area is 98.9 Å². The monoisotopic (exact) mass is 237 g/mol. The van der Waals surface area contributed by atoms with Crippen molar-refractivity contribution in [2.45, 2.75) is 25.8 Å². The fourth-order valence-corrected chi connectivity index (χ4v) is 2.09. The number of aryl methyl sites for hydroxylation is 1. The summed E-state index contributed by atoms with van der Waals surface area (Å²) in [6.07, 6.45) is 3.24. The second-order valence-electron chi connectivity index (χ2n) is 4.15. The van der Waals surface area contributed by atoms with Crippen molar-refractivity contribution in [3.8, 4) is 0 Å². The molecule has 1 aromatic heterocycles. The Morgan fingerprint density at radius 1 is 1.65 bits per heavy atom. The van der Waals surface area contributed by atoms with Crippen molar-refractivity contribution in [2.24, 2.45) is 0 Å². The number of hydrogen-bond acceptors (Lipinski definition) is 5. The summed E-state index contributed by atoms with van der Waals surface area (Å²) in [5.74, 6) is -0.516. The molecule has 1 aromatic rings. The molecule has 1 aliphatic heterocycles. The van der Waals surface area contributed by atoms with Gasteiger partial charge in [0.05, 0.1) is 23.9 Å². The number of carboxylic acids is 1. The molecule has 2 heterocycles. The molecule has 0 spiro atoms. The number of rotatable bonds is 3. The maximum absolute atomic E-state index is 10.8. The molecule has 6 heteroatoms. The number of hydrogen-bond donors (Lipinski definition) is 2. The molecule has 1 unspecified atom stereocenters. The van der Waals surface area contributed by atoms with Gasteiger partial charge in [-0.15, -0.1) is 0 Å². The molecular formula is C11H15N3O3. The predicted octanol–water partition coefficient (Wildman–Crippen LogP) is 0.444. The number of nitrogens with zero attached hydrogens (tertiary/aromatic N) is 3. The van der Waals surface area contributed by atoms with Crippen molar-refractivity contribution >= 4 is 11.9 Å². The fourth-order valence-electron chi connectivity index (χ4n) is 2.09. The molecule has 6 nitrogen and oxygen atoms in total. The second-order valence-corrected chi connectivity index (χ2v) is 4.15. The van der Waals surface area contributed by atoms with Gasteiger partial charge in [0.2, 0.25) is 5.95 Å². The summed E-state index contributed by atoms with van der Waals surface area (Å²) in [7, 11) is 0. The third-order valence-corrected chi connectivity index (χ3v) is 3.04. The van der Waals surface area contributed by atoms with Gasteiger partial charge in [-0.1, -0.05) is 0 Å². The Hall–Kier alpha value is -1.69. The molecule has 92 valence electrons. The number of aromatic carboxylic acids is 1. The van der Waals surface area contributed by atoms with Crippen LogP contribution in [-0.4, -0.2) is 45.3 Å². The Morgan fingerprint density at radius 2 is 2.41 bits per heavy atom. The van der Waals surface area contributed by atoms with Crippen LogP contribution < -0.4 is 4.90 Å². The van der Waals surface area contributed by atoms with E-state index in [-0.39, 0.29) is 18.2 Å². The smallest absolute Gasteiger partial charge is 0.339 e. The van der Waals surface area contributed by atoms with Crippen LogP contribution in [0.25, 0.3) is 0 Å². The third kappa shape index (κ3) is 2.21. The molecule has 2 rings (SSSR count). The standard InChI is InChI=1S/C11H15N3O3/c1-7-9(10(16)17)5-12-11(13-7)14-4-2-3-8(14)6-15/h5,8,15H,2-4,6H2,1H3,(H,16,17). The second kappa shape index (κ2) is 4.67. The Morgan fingerprint density at radius 3 is 3.00 bits per heavy atom. The molecular weight excluding hydrogens is 222 g/mol. The predicted molar refractivity (Wildman–Crippen MR) is 61.2 cm³/mol. The lowest BCUT2D eigenvalue weighted by Crippen LogP contribution is -2.33. The topological polar surface area (TPSA) is 86.5 Å². The van der Waals surface area contributed by atoms with Crippen LogP contribution in [0.1, 0.15) is 28.9 Å². The number of carboxylic acid groups (broad SMARTS) is 1. The summed E-state index contributed by atoms with van der Waals surface area (Å²) in [6.45, 7) is 2.53. The van der Waals surface area contributed by atoms with Crippen LogP contribution in [-0.2, 0) is 0 Å². The van der Waals surface area contributed by atoms with E-state index in [4.69, 9.17) is 5.11 Å². The Kier molecular flexibility index (Phi) is 3.23. The van der Waals surface area contributed by atoms with Crippen LogP contribution in [0.2, 0.25) is 0 Å². The van der Waals surface area contributed by atoms with E-state index in [0.717, 1.165) is 19.4 Å². The maximum atomic E-state index is 10.8. The summed E-state index contributed by atoms with van der Waals surface area (Å²) in [5.41, 5.74) is 0.569. The average molecular weight is 237 g/mol. The van der Waals surface area contributed by atoms with Crippen molar-refractivity contribution in [1.29, 1.82) is 0 Å². The van der Waals surface area contributed by atoms with Crippen LogP contribution in [0.4, 0.5) is 5.95 Å². The Bertz CT molecular complexity index is 436. The fraction of sp³-hybridized carbons (Fsp3) is 0.545. The maximum Gasteiger partial charge on any atom is 0.339 e. The van der Waals surface area contributed by atoms with Crippen LogP contribution >= 0.6 is 0 Å². The summed E-state index contributed by atoms with van der Waals surface area (Å²) in [5, 5.41) is 18.1. The van der Waals surface area contributed by atoms with Crippen LogP contribution in [0.3, 0.4) is 0 Å². The van der Waals surface area contributed by atoms with Gasteiger partial charge in [-0.25, -0.2) is 14.8 Å². The number of aromatic nitrogens is 2. The highest BCUT2D eigenvalue weighted by Crippen LogP contribution is 2.22. The van der Waals surface area contributed by atoms with Gasteiger partial charge in [0.15, 0.2) is 0 Å². The van der Waals surface area contributed by atoms with Gasteiger partial charge in [-0.2, -0.15) is 0 Å². The van der Waals surface area contributed by atoms with Crippen LogP contribution in [0.5, 0.6) is 0 Å². The lowest BCUT2D eigenvalue weighted by atomic mass is 10.2. The van der Waals surface area contributed by atoms with Crippen molar-refractivity contribution in [3.05, 3.63) is 17.5 Å². The quantitative estimate of drug-likeness (QED) is 0.793. The minimum absolute atomic E-state index is 0.0464. The van der Waals surface area contributed by atoms with Gasteiger partial charge >= 0.3 is 5.97 Å². The van der Waals surface area contributed by atoms with Gasteiger partial charge in [-0.05, 0) is 19.8 Å². The average Bonchev–Trinajstić information content (AvgIpc) is 2.76. The van der Waals surface area contributed by atoms with E-state index in [1.54, 1.807) is 6.92 Å². The number of aliphatic hydroxyl groups is 1. The number of aliphatic hydroxyl groups excluding tert-OH is 1. The van der Waals surface area contributed by atoms with Crippen molar-refractivity contribution < 1.29 is 15.0 Å². The zero-order valence-electron chi connectivity index (χ0n) is 9.63. The summed E-state index contributed by atoms with van der Waals surface area (Å²) < 4.78 is 0. The van der Waals surface area contributed by atoms with Gasteiger partial charge in [0.1, 0.15) is 0 Å². The normalized spacial score (nSPS) is 19.6. The minimum Gasteiger partial charge on any atom is -0.478 e. The third-order valence-electron chi connectivity index (χ3n) is 3.04. The van der Waals surface area contributed by atoms with E-state index in [9.17, 15) is 9.90 Å². The van der Waals surface area contributed by atoms with Crippen molar-refractivity contribution in [1.82, 2.24) is 9.97 Å². The molecule has 0 saturated carbocycles. The molecule has 1 atom stereocenters. The van der Waals surface area contributed by atoms with Crippen molar-refractivity contribution in [2.75, 3.05) is 18.1 Å². The van der Waals surface area contributed by atoms with Crippen LogP contribution in [0, 0.1) is 6.92 Å². The summed E-state index contributed by atoms with van der Waals surface area (Å²) in [6, 6.07) is 0.0464. The minimum atomic E-state index is -1.02. The largest absolute Gasteiger partial charge is 0.478 e. The molecule has 2 N–H and O–H groups in total. The first kappa shape index (κ1) is 11.8. The van der Waals surface area contributed by atoms with Gasteiger partial charge in [0.25, 0.3) is 0 Å². The molecule has 0 amide bonds. The molecule has 0 aliphatic carbocycles. The molecule has 1 saturated heterocycles. The van der Waals surface area contributed by atoms with E-state index < -0.39 is 5.97 Å². The van der Waals surface area contributed by atoms with E-state index in [2.05, 4.69) is 9.97 Å². The Balaban J connectivity index is 2.28. The van der Waals surface area contributed by atoms with Gasteiger partial charge < -0.3 is 15.1 Å². The van der Waals surface area contributed by atoms with Crippen LogP contribution in [0.15, 0.2) is 6.20 Å². The van der Waals surface area contributed by atoms with E-state index >= 15 is 0 Å². The molecule has 0 aromatic carbocycles. The zero-order valence-corrected chi connectivity index (χ0v) is 9.63. The lowest BCUT2D eigenvalue weighted by Gasteiger charge is -2.23.